The summed E-state index contributed by atoms with van der Waals surface area (Å²) in [5.41, 5.74) is 1.45. The minimum atomic E-state index is -0.478. The number of aliphatic hydroxyl groups excluding tert-OH is 1. The zero-order valence-electron chi connectivity index (χ0n) is 15.2. The van der Waals surface area contributed by atoms with E-state index in [0.717, 1.165) is 37.0 Å². The molecule has 2 heterocycles. The highest BCUT2D eigenvalue weighted by Crippen LogP contribution is 2.24. The first-order valence-electron chi connectivity index (χ1n) is 8.90. The highest BCUT2D eigenvalue weighted by Gasteiger charge is 2.28. The van der Waals surface area contributed by atoms with Crippen molar-refractivity contribution in [2.24, 2.45) is 5.92 Å². The zero-order valence-corrected chi connectivity index (χ0v) is 15.2. The molecule has 1 N–H and O–H groups in total. The van der Waals surface area contributed by atoms with Gasteiger partial charge in [0.15, 0.2) is 0 Å². The number of fused-ring (bicyclic) bond motifs is 1. The molecule has 6 nitrogen and oxygen atoms in total. The third kappa shape index (κ3) is 4.12. The van der Waals surface area contributed by atoms with E-state index in [2.05, 4.69) is 9.55 Å². The van der Waals surface area contributed by atoms with Crippen LogP contribution in [0.15, 0.2) is 24.3 Å². The number of amides is 1. The van der Waals surface area contributed by atoms with Crippen LogP contribution in [0.4, 0.5) is 4.79 Å². The fraction of sp³-hybridized carbons (Fsp3) is 0.579. The van der Waals surface area contributed by atoms with Crippen molar-refractivity contribution < 1.29 is 14.6 Å². The van der Waals surface area contributed by atoms with Crippen molar-refractivity contribution in [3.63, 3.8) is 0 Å². The average Bonchev–Trinajstić information content (AvgIpc) is 2.91. The van der Waals surface area contributed by atoms with Crippen LogP contribution in [0.2, 0.25) is 0 Å². The van der Waals surface area contributed by atoms with Crippen LogP contribution in [0.1, 0.15) is 39.4 Å². The number of hydrogen-bond acceptors (Lipinski definition) is 4. The fourth-order valence-corrected chi connectivity index (χ4v) is 3.41. The summed E-state index contributed by atoms with van der Waals surface area (Å²) in [6, 6.07) is 7.91. The number of carbonyl (C=O) groups excluding carboxylic acids is 1. The summed E-state index contributed by atoms with van der Waals surface area (Å²) in [6.07, 6.45) is 1.77. The largest absolute Gasteiger partial charge is 0.444 e. The Morgan fingerprint density at radius 2 is 2.12 bits per heavy atom. The molecule has 136 valence electrons. The van der Waals surface area contributed by atoms with Gasteiger partial charge >= 0.3 is 6.09 Å². The highest BCUT2D eigenvalue weighted by atomic mass is 16.6. The molecule has 0 saturated carbocycles. The number of carbonyl (C=O) groups is 1. The SMILES string of the molecule is CC(C)(C)OC(=O)N1CCC[C@@H](Cn2c(CO)nc3ccccc32)C1. The van der Waals surface area contributed by atoms with E-state index in [4.69, 9.17) is 4.74 Å². The van der Waals surface area contributed by atoms with Gasteiger partial charge in [0.1, 0.15) is 18.0 Å². The molecule has 1 fully saturated rings. The Hall–Kier alpha value is -2.08. The van der Waals surface area contributed by atoms with Gasteiger partial charge in [0, 0.05) is 19.6 Å². The van der Waals surface area contributed by atoms with Crippen LogP contribution in [0.3, 0.4) is 0 Å². The maximum Gasteiger partial charge on any atom is 0.410 e. The third-order valence-corrected chi connectivity index (χ3v) is 4.49. The lowest BCUT2D eigenvalue weighted by atomic mass is 9.98. The molecule has 1 aromatic carbocycles. The quantitative estimate of drug-likeness (QED) is 0.928. The van der Waals surface area contributed by atoms with Crippen molar-refractivity contribution in [1.29, 1.82) is 0 Å². The summed E-state index contributed by atoms with van der Waals surface area (Å²) in [5, 5.41) is 9.65. The monoisotopic (exact) mass is 345 g/mol. The topological polar surface area (TPSA) is 67.6 Å². The van der Waals surface area contributed by atoms with Gasteiger partial charge in [0.05, 0.1) is 11.0 Å². The number of rotatable bonds is 3. The van der Waals surface area contributed by atoms with Crippen LogP contribution in [-0.4, -0.2) is 44.3 Å². The summed E-state index contributed by atoms with van der Waals surface area (Å²) in [6.45, 7) is 7.73. The number of likely N-dealkylation sites (tertiary alicyclic amines) is 1. The van der Waals surface area contributed by atoms with Gasteiger partial charge in [-0.05, 0) is 51.7 Å². The van der Waals surface area contributed by atoms with E-state index >= 15 is 0 Å². The van der Waals surface area contributed by atoms with Crippen molar-refractivity contribution in [2.45, 2.75) is 52.4 Å². The fourth-order valence-electron chi connectivity index (χ4n) is 3.41. The average molecular weight is 345 g/mol. The summed E-state index contributed by atoms with van der Waals surface area (Å²) in [4.78, 5) is 18.7. The lowest BCUT2D eigenvalue weighted by Crippen LogP contribution is -2.43. The normalized spacial score (nSPS) is 18.6. The van der Waals surface area contributed by atoms with Gasteiger partial charge in [0.2, 0.25) is 0 Å². The minimum Gasteiger partial charge on any atom is -0.444 e. The molecule has 0 spiro atoms. The van der Waals surface area contributed by atoms with E-state index in [1.54, 1.807) is 4.90 Å². The Morgan fingerprint density at radius 3 is 2.84 bits per heavy atom. The van der Waals surface area contributed by atoms with E-state index in [0.29, 0.717) is 18.3 Å². The number of ether oxygens (including phenoxy) is 1. The van der Waals surface area contributed by atoms with Crippen molar-refractivity contribution in [3.8, 4) is 0 Å². The number of hydrogen-bond donors (Lipinski definition) is 1. The second-order valence-electron chi connectivity index (χ2n) is 7.72. The molecular formula is C19H27N3O3. The van der Waals surface area contributed by atoms with Crippen LogP contribution in [0, 0.1) is 5.92 Å². The summed E-state index contributed by atoms with van der Waals surface area (Å²) in [7, 11) is 0. The van der Waals surface area contributed by atoms with Gasteiger partial charge in [-0.2, -0.15) is 0 Å². The van der Waals surface area contributed by atoms with Crippen LogP contribution in [0.5, 0.6) is 0 Å². The molecule has 25 heavy (non-hydrogen) atoms. The second-order valence-corrected chi connectivity index (χ2v) is 7.72. The van der Waals surface area contributed by atoms with E-state index < -0.39 is 5.60 Å². The van der Waals surface area contributed by atoms with E-state index in [1.807, 2.05) is 45.0 Å². The Bertz CT molecular complexity index is 748. The maximum atomic E-state index is 12.3. The van der Waals surface area contributed by atoms with Gasteiger partial charge in [-0.3, -0.25) is 0 Å². The Labute approximate surface area is 148 Å². The number of aromatic nitrogens is 2. The van der Waals surface area contributed by atoms with Crippen LogP contribution in [-0.2, 0) is 17.9 Å². The van der Waals surface area contributed by atoms with Gasteiger partial charge < -0.3 is 19.3 Å². The molecular weight excluding hydrogens is 318 g/mol. The molecule has 1 aliphatic heterocycles. The standard InChI is InChI=1S/C19H27N3O3/c1-19(2,3)25-18(24)21-10-6-7-14(11-21)12-22-16-9-5-4-8-15(16)20-17(22)13-23/h4-5,8-9,14,23H,6-7,10-13H2,1-3H3/t14-/m1/s1. The Balaban J connectivity index is 1.74. The zero-order chi connectivity index (χ0) is 18.0. The van der Waals surface area contributed by atoms with Crippen LogP contribution < -0.4 is 0 Å². The van der Waals surface area contributed by atoms with Crippen molar-refractivity contribution in [2.75, 3.05) is 13.1 Å². The number of piperidine rings is 1. The first-order valence-corrected chi connectivity index (χ1v) is 8.90. The van der Waals surface area contributed by atoms with Gasteiger partial charge in [-0.15, -0.1) is 0 Å². The molecule has 2 aromatic rings. The second kappa shape index (κ2) is 7.04. The van der Waals surface area contributed by atoms with Gasteiger partial charge in [0.25, 0.3) is 0 Å². The van der Waals surface area contributed by atoms with E-state index in [1.165, 1.54) is 0 Å². The predicted molar refractivity (Wildman–Crippen MR) is 96.2 cm³/mol. The summed E-state index contributed by atoms with van der Waals surface area (Å²) < 4.78 is 7.59. The van der Waals surface area contributed by atoms with Crippen molar-refractivity contribution in [1.82, 2.24) is 14.5 Å². The first kappa shape index (κ1) is 17.7. The number of aliphatic hydroxyl groups is 1. The summed E-state index contributed by atoms with van der Waals surface area (Å²) >= 11 is 0. The van der Waals surface area contributed by atoms with Crippen LogP contribution >= 0.6 is 0 Å². The molecule has 1 saturated heterocycles. The van der Waals surface area contributed by atoms with Crippen molar-refractivity contribution >= 4 is 17.1 Å². The number of benzene rings is 1. The number of para-hydroxylation sites is 2. The molecule has 0 aliphatic carbocycles. The smallest absolute Gasteiger partial charge is 0.410 e. The van der Waals surface area contributed by atoms with Gasteiger partial charge in [-0.1, -0.05) is 12.1 Å². The molecule has 0 radical (unpaired) electrons. The molecule has 0 bridgehead atoms. The lowest BCUT2D eigenvalue weighted by Gasteiger charge is -2.34. The Morgan fingerprint density at radius 1 is 1.36 bits per heavy atom. The third-order valence-electron chi connectivity index (χ3n) is 4.49. The number of imidazole rings is 1. The Kier molecular flexibility index (Phi) is 4.99. The highest BCUT2D eigenvalue weighted by molar-refractivity contribution is 5.75. The molecule has 0 unspecified atom stereocenters. The van der Waals surface area contributed by atoms with Crippen LogP contribution in [0.25, 0.3) is 11.0 Å². The first-order chi connectivity index (χ1) is 11.9. The van der Waals surface area contributed by atoms with Crippen molar-refractivity contribution in [3.05, 3.63) is 30.1 Å². The minimum absolute atomic E-state index is 0.0861. The number of nitrogens with zero attached hydrogens (tertiary/aromatic N) is 3. The summed E-state index contributed by atoms with van der Waals surface area (Å²) in [5.74, 6) is 1.000. The maximum absolute atomic E-state index is 12.3. The molecule has 3 rings (SSSR count). The molecule has 6 heteroatoms. The predicted octanol–water partition coefficient (Wildman–Crippen LogP) is 3.18. The van der Waals surface area contributed by atoms with Gasteiger partial charge in [-0.25, -0.2) is 9.78 Å². The molecule has 1 atom stereocenters. The molecule has 1 aliphatic rings. The molecule has 1 amide bonds. The van der Waals surface area contributed by atoms with E-state index in [-0.39, 0.29) is 12.7 Å². The van der Waals surface area contributed by atoms with E-state index in [9.17, 15) is 9.90 Å². The molecule has 1 aromatic heterocycles. The lowest BCUT2D eigenvalue weighted by molar-refractivity contribution is 0.0157.